The predicted octanol–water partition coefficient (Wildman–Crippen LogP) is 5.97. The number of anilines is 2. The lowest BCUT2D eigenvalue weighted by Crippen LogP contribution is -2.58. The van der Waals surface area contributed by atoms with E-state index in [1.165, 1.54) is 27.9 Å². The molecule has 0 saturated carbocycles. The maximum Gasteiger partial charge on any atom is 0.255 e. The van der Waals surface area contributed by atoms with Crippen molar-refractivity contribution in [3.63, 3.8) is 0 Å². The Morgan fingerprint density at radius 2 is 1.63 bits per heavy atom. The lowest BCUT2D eigenvalue weighted by molar-refractivity contribution is -0.136. The van der Waals surface area contributed by atoms with Crippen LogP contribution in [0.25, 0.3) is 0 Å². The van der Waals surface area contributed by atoms with Crippen LogP contribution < -0.4 is 19.9 Å². The summed E-state index contributed by atoms with van der Waals surface area (Å²) in [5.74, 6) is 1.38. The molecule has 5 atom stereocenters. The van der Waals surface area contributed by atoms with E-state index in [-0.39, 0.29) is 35.8 Å². The maximum absolute atomic E-state index is 13.4. The lowest BCUT2D eigenvalue weighted by Gasteiger charge is -2.46. The number of nitrogens with one attached hydrogen (secondary N) is 1. The summed E-state index contributed by atoms with van der Waals surface area (Å²) in [4.78, 5) is 46.9. The minimum absolute atomic E-state index is 0.0460. The van der Waals surface area contributed by atoms with Gasteiger partial charge in [-0.1, -0.05) is 48.5 Å². The van der Waals surface area contributed by atoms with E-state index < -0.39 is 11.9 Å². The van der Waals surface area contributed by atoms with E-state index in [0.29, 0.717) is 42.7 Å². The Morgan fingerprint density at radius 3 is 2.45 bits per heavy atom. The Kier molecular flexibility index (Phi) is 9.37. The number of hydrogen-bond acceptors (Lipinski definition) is 9. The summed E-state index contributed by atoms with van der Waals surface area (Å²) in [6.45, 7) is 7.52. The number of rotatable bonds is 6. The van der Waals surface area contributed by atoms with E-state index in [1.54, 1.807) is 4.90 Å². The molecular formula is C49H53N5O6. The smallest absolute Gasteiger partial charge is 0.255 e. The molecule has 3 amide bonds. The van der Waals surface area contributed by atoms with E-state index in [4.69, 9.17) is 9.47 Å². The fraction of sp³-hybridized carbons (Fsp3) is 0.449. The summed E-state index contributed by atoms with van der Waals surface area (Å²) in [5.41, 5.74) is 9.07. The summed E-state index contributed by atoms with van der Waals surface area (Å²) < 4.78 is 13.0. The van der Waals surface area contributed by atoms with Crippen LogP contribution in [0.1, 0.15) is 88.5 Å². The second kappa shape index (κ2) is 15.0. The van der Waals surface area contributed by atoms with Crippen LogP contribution in [0.5, 0.6) is 11.5 Å². The van der Waals surface area contributed by atoms with Gasteiger partial charge in [-0.05, 0) is 115 Å². The minimum atomic E-state index is -0.626. The average Bonchev–Trinajstić information content (AvgIpc) is 3.81. The number of fused-ring (bicyclic) bond motifs is 5. The van der Waals surface area contributed by atoms with Gasteiger partial charge in [0.25, 0.3) is 5.91 Å². The van der Waals surface area contributed by atoms with Gasteiger partial charge < -0.3 is 29.3 Å². The fourth-order valence-electron chi connectivity index (χ4n) is 11.8. The highest BCUT2D eigenvalue weighted by molar-refractivity contribution is 6.06. The third kappa shape index (κ3) is 6.70. The number of phenolic OH excluding ortho intramolecular Hbond substituents is 1. The zero-order valence-electron chi connectivity index (χ0n) is 34.1. The van der Waals surface area contributed by atoms with E-state index in [1.807, 2.05) is 18.2 Å². The molecular weight excluding hydrogens is 755 g/mol. The van der Waals surface area contributed by atoms with Crippen molar-refractivity contribution in [2.24, 2.45) is 5.92 Å². The Balaban J connectivity index is 0.699. The van der Waals surface area contributed by atoms with Gasteiger partial charge in [0.2, 0.25) is 11.8 Å². The summed E-state index contributed by atoms with van der Waals surface area (Å²) in [6, 6.07) is 29.7. The van der Waals surface area contributed by atoms with Gasteiger partial charge >= 0.3 is 0 Å². The Bertz CT molecular complexity index is 2330. The number of piperidine rings is 2. The molecule has 4 aromatic rings. The topological polar surface area (TPSA) is 115 Å². The Labute approximate surface area is 351 Å². The van der Waals surface area contributed by atoms with Gasteiger partial charge in [-0.25, -0.2) is 0 Å². The largest absolute Gasteiger partial charge is 0.508 e. The van der Waals surface area contributed by atoms with Gasteiger partial charge in [0.1, 0.15) is 24.1 Å². The molecule has 11 nitrogen and oxygen atoms in total. The molecule has 60 heavy (non-hydrogen) atoms. The van der Waals surface area contributed by atoms with Crippen molar-refractivity contribution in [2.75, 3.05) is 62.3 Å². The van der Waals surface area contributed by atoms with Crippen LogP contribution in [0, 0.1) is 5.92 Å². The Hall–Kier alpha value is -5.39. The molecule has 6 aliphatic heterocycles. The summed E-state index contributed by atoms with van der Waals surface area (Å²) in [7, 11) is 0. The minimum Gasteiger partial charge on any atom is -0.508 e. The van der Waals surface area contributed by atoms with Gasteiger partial charge in [-0.3, -0.25) is 24.6 Å². The molecule has 7 aliphatic rings. The molecule has 0 radical (unpaired) electrons. The van der Waals surface area contributed by atoms with Crippen molar-refractivity contribution in [1.82, 2.24) is 15.1 Å². The standard InChI is InChI=1S/C49H53N5O6/c55-38-11-13-40-34(22-38)8-12-39(32-4-2-1-3-5-32)46(40)33-6-9-36(10-7-33)52-18-16-49(17-19-52)25-31(29-60-49)26-51-20-21-53-37(28-51)30-59-44-24-41-35(23-43(44)53)27-54(48(41)58)42-14-15-45(56)50-47(42)57/h1-7,9-11,13,22-24,31,37,39,42,46,55H,8,12,14-21,25-30H2,(H,50,56,57)/t31-,37+,39-,42+,46+/m1/s1. The number of aryl methyl sites for hydroxylation is 1. The number of carbonyl (C=O) groups excluding carboxylic acids is 3. The molecule has 2 N–H and O–H groups in total. The van der Waals surface area contributed by atoms with E-state index in [2.05, 4.69) is 86.7 Å². The van der Waals surface area contributed by atoms with E-state index in [0.717, 1.165) is 95.0 Å². The zero-order valence-corrected chi connectivity index (χ0v) is 34.1. The van der Waals surface area contributed by atoms with Gasteiger partial charge in [0.15, 0.2) is 0 Å². The number of ether oxygens (including phenoxy) is 2. The van der Waals surface area contributed by atoms with Crippen LogP contribution in [-0.2, 0) is 27.3 Å². The third-order valence-electron chi connectivity index (χ3n) is 14.8. The molecule has 1 spiro atoms. The van der Waals surface area contributed by atoms with Crippen LogP contribution in [0.4, 0.5) is 11.4 Å². The van der Waals surface area contributed by atoms with E-state index >= 15 is 0 Å². The van der Waals surface area contributed by atoms with Crippen molar-refractivity contribution >= 4 is 29.1 Å². The van der Waals surface area contributed by atoms with Crippen LogP contribution in [0.3, 0.4) is 0 Å². The highest BCUT2D eigenvalue weighted by atomic mass is 16.5. The predicted molar refractivity (Wildman–Crippen MR) is 228 cm³/mol. The number of hydrogen-bond donors (Lipinski definition) is 2. The van der Waals surface area contributed by atoms with Crippen LogP contribution in [-0.4, -0.2) is 103 Å². The first-order chi connectivity index (χ1) is 29.3. The average molecular weight is 808 g/mol. The van der Waals surface area contributed by atoms with Crippen molar-refractivity contribution in [3.05, 3.63) is 118 Å². The SMILES string of the molecule is O=C1CC[C@H](N2Cc3cc4c(cc3C2=O)OC[C@@H]2CN(C[C@@H]3COC5(CCN(c6ccc([C@@H]7c8ccc(O)cc8CC[C@@H]7c7ccccc7)cc6)CC5)C3)CCN42)C(=O)N1. The molecule has 0 aromatic heterocycles. The summed E-state index contributed by atoms with van der Waals surface area (Å²) in [6.07, 6.45) is 5.81. The normalized spacial score (nSPS) is 27.2. The molecule has 0 unspecified atom stereocenters. The zero-order chi connectivity index (χ0) is 40.5. The van der Waals surface area contributed by atoms with Crippen LogP contribution in [0.2, 0.25) is 0 Å². The van der Waals surface area contributed by atoms with Gasteiger partial charge in [-0.15, -0.1) is 0 Å². The number of piperazine rings is 1. The maximum atomic E-state index is 13.4. The molecule has 6 heterocycles. The van der Waals surface area contributed by atoms with Crippen molar-refractivity contribution < 1.29 is 29.0 Å². The second-order valence-corrected chi connectivity index (χ2v) is 18.4. The number of benzene rings is 4. The summed E-state index contributed by atoms with van der Waals surface area (Å²) in [5, 5.41) is 12.7. The molecule has 0 bridgehead atoms. The highest BCUT2D eigenvalue weighted by Crippen LogP contribution is 2.48. The molecule has 11 heteroatoms. The fourth-order valence-corrected chi connectivity index (χ4v) is 11.8. The highest BCUT2D eigenvalue weighted by Gasteiger charge is 2.45. The number of amides is 3. The number of nitrogens with zero attached hydrogens (tertiary/aromatic N) is 4. The number of aromatic hydroxyl groups is 1. The molecule has 310 valence electrons. The number of imide groups is 1. The molecule has 4 fully saturated rings. The van der Waals surface area contributed by atoms with Crippen LogP contribution >= 0.6 is 0 Å². The monoisotopic (exact) mass is 807 g/mol. The van der Waals surface area contributed by atoms with E-state index in [9.17, 15) is 19.5 Å². The third-order valence-corrected chi connectivity index (χ3v) is 14.8. The quantitative estimate of drug-likeness (QED) is 0.228. The van der Waals surface area contributed by atoms with Gasteiger partial charge in [0.05, 0.1) is 23.9 Å². The summed E-state index contributed by atoms with van der Waals surface area (Å²) >= 11 is 0. The lowest BCUT2D eigenvalue weighted by atomic mass is 9.69. The first-order valence-corrected chi connectivity index (χ1v) is 22.1. The van der Waals surface area contributed by atoms with Gasteiger partial charge in [-0.2, -0.15) is 0 Å². The second-order valence-electron chi connectivity index (χ2n) is 18.4. The molecule has 11 rings (SSSR count). The van der Waals surface area contributed by atoms with Crippen LogP contribution in [0.15, 0.2) is 84.9 Å². The number of phenols is 1. The van der Waals surface area contributed by atoms with Crippen molar-refractivity contribution in [3.8, 4) is 11.5 Å². The number of carbonyl (C=O) groups is 3. The molecule has 4 aromatic carbocycles. The first kappa shape index (κ1) is 37.6. The molecule has 1 aliphatic carbocycles. The Morgan fingerprint density at radius 1 is 0.800 bits per heavy atom. The van der Waals surface area contributed by atoms with Crippen molar-refractivity contribution in [2.45, 2.75) is 81.0 Å². The first-order valence-electron chi connectivity index (χ1n) is 22.1. The van der Waals surface area contributed by atoms with Crippen molar-refractivity contribution in [1.29, 1.82) is 0 Å². The van der Waals surface area contributed by atoms with Gasteiger partial charge in [0, 0.05) is 69.4 Å². The molecule has 4 saturated heterocycles.